The number of hydrogen-bond acceptors (Lipinski definition) is 2. The van der Waals surface area contributed by atoms with Gasteiger partial charge in [-0.1, -0.05) is 25.1 Å². The molecule has 20 heavy (non-hydrogen) atoms. The molecule has 0 fully saturated rings. The lowest BCUT2D eigenvalue weighted by atomic mass is 9.97. The largest absolute Gasteiger partial charge is 0.472 e. The normalized spacial score (nSPS) is 12.6. The van der Waals surface area contributed by atoms with Gasteiger partial charge in [0.05, 0.1) is 12.5 Å². The Hall–Kier alpha value is -1.54. The van der Waals surface area contributed by atoms with Gasteiger partial charge in [0.15, 0.2) is 0 Å². The van der Waals surface area contributed by atoms with Gasteiger partial charge in [0.1, 0.15) is 0 Å². The van der Waals surface area contributed by atoms with E-state index < -0.39 is 0 Å². The van der Waals surface area contributed by atoms with Crippen molar-refractivity contribution in [1.82, 2.24) is 5.32 Å². The highest BCUT2D eigenvalue weighted by Gasteiger charge is 2.11. The number of rotatable bonds is 7. The molecule has 0 radical (unpaired) electrons. The van der Waals surface area contributed by atoms with Crippen molar-refractivity contribution >= 4 is 0 Å². The molecule has 0 spiro atoms. The summed E-state index contributed by atoms with van der Waals surface area (Å²) in [5, 5.41) is 3.65. The molecule has 2 rings (SSSR count). The van der Waals surface area contributed by atoms with E-state index in [2.05, 4.69) is 50.4 Å². The van der Waals surface area contributed by atoms with E-state index in [1.165, 1.54) is 22.3 Å². The van der Waals surface area contributed by atoms with Crippen LogP contribution in [-0.4, -0.2) is 12.6 Å². The van der Waals surface area contributed by atoms with Gasteiger partial charge in [0, 0.05) is 6.04 Å². The highest BCUT2D eigenvalue weighted by Crippen LogP contribution is 2.14. The number of nitrogens with one attached hydrogen (secondary N) is 1. The zero-order valence-corrected chi connectivity index (χ0v) is 12.8. The van der Waals surface area contributed by atoms with E-state index in [0.29, 0.717) is 6.04 Å². The van der Waals surface area contributed by atoms with E-state index in [9.17, 15) is 0 Å². The van der Waals surface area contributed by atoms with Crippen LogP contribution in [0.5, 0.6) is 0 Å². The fraction of sp³-hybridized carbons (Fsp3) is 0.444. The summed E-state index contributed by atoms with van der Waals surface area (Å²) in [6.45, 7) is 7.62. The van der Waals surface area contributed by atoms with Crippen molar-refractivity contribution in [2.45, 2.75) is 46.1 Å². The smallest absolute Gasteiger partial charge is 0.0935 e. The van der Waals surface area contributed by atoms with Crippen molar-refractivity contribution in [2.75, 3.05) is 6.54 Å². The Morgan fingerprint density at radius 2 is 1.85 bits per heavy atom. The van der Waals surface area contributed by atoms with Crippen molar-refractivity contribution in [1.29, 1.82) is 0 Å². The molecule has 2 heteroatoms. The molecule has 1 N–H and O–H groups in total. The van der Waals surface area contributed by atoms with E-state index in [0.717, 1.165) is 25.8 Å². The molecule has 1 unspecified atom stereocenters. The quantitative estimate of drug-likeness (QED) is 0.822. The zero-order valence-electron chi connectivity index (χ0n) is 12.8. The Balaban J connectivity index is 2.04. The molecule has 0 aliphatic heterocycles. The summed E-state index contributed by atoms with van der Waals surface area (Å²) in [5.41, 5.74) is 5.41. The van der Waals surface area contributed by atoms with E-state index in [1.54, 1.807) is 6.26 Å². The molecular formula is C18H25NO. The Labute approximate surface area is 122 Å². The van der Waals surface area contributed by atoms with Gasteiger partial charge in [-0.2, -0.15) is 0 Å². The number of aryl methyl sites for hydroxylation is 2. The van der Waals surface area contributed by atoms with Gasteiger partial charge < -0.3 is 9.73 Å². The van der Waals surface area contributed by atoms with E-state index in [-0.39, 0.29) is 0 Å². The molecule has 108 valence electrons. The molecule has 0 aliphatic rings. The summed E-state index contributed by atoms with van der Waals surface area (Å²) < 4.78 is 5.18. The van der Waals surface area contributed by atoms with Crippen LogP contribution in [0.4, 0.5) is 0 Å². The fourth-order valence-electron chi connectivity index (χ4n) is 2.47. The summed E-state index contributed by atoms with van der Waals surface area (Å²) in [5.74, 6) is 0. The minimum absolute atomic E-state index is 0.467. The molecule has 0 bridgehead atoms. The lowest BCUT2D eigenvalue weighted by Crippen LogP contribution is -2.33. The monoisotopic (exact) mass is 271 g/mol. The molecule has 0 amide bonds. The molecule has 1 heterocycles. The minimum Gasteiger partial charge on any atom is -0.472 e. The number of furan rings is 1. The first-order valence-corrected chi connectivity index (χ1v) is 7.49. The lowest BCUT2D eigenvalue weighted by Gasteiger charge is -2.18. The molecule has 0 saturated heterocycles. The third-order valence-electron chi connectivity index (χ3n) is 3.80. The van der Waals surface area contributed by atoms with E-state index in [4.69, 9.17) is 4.42 Å². The van der Waals surface area contributed by atoms with Gasteiger partial charge in [-0.25, -0.2) is 0 Å². The van der Waals surface area contributed by atoms with Gasteiger partial charge in [0.25, 0.3) is 0 Å². The SMILES string of the molecule is CCCNC(Cc1ccoc1)Cc1ccc(C)c(C)c1. The van der Waals surface area contributed by atoms with Crippen molar-refractivity contribution in [3.05, 3.63) is 59.0 Å². The van der Waals surface area contributed by atoms with Crippen LogP contribution >= 0.6 is 0 Å². The third-order valence-corrected chi connectivity index (χ3v) is 3.80. The maximum atomic E-state index is 5.18. The summed E-state index contributed by atoms with van der Waals surface area (Å²) >= 11 is 0. The lowest BCUT2D eigenvalue weighted by molar-refractivity contribution is 0.499. The first-order chi connectivity index (χ1) is 9.69. The second-order valence-corrected chi connectivity index (χ2v) is 5.61. The molecule has 1 aromatic heterocycles. The summed E-state index contributed by atoms with van der Waals surface area (Å²) in [7, 11) is 0. The molecular weight excluding hydrogens is 246 g/mol. The molecule has 0 saturated carbocycles. The van der Waals surface area contributed by atoms with Crippen LogP contribution in [0.3, 0.4) is 0 Å². The third kappa shape index (κ3) is 4.24. The van der Waals surface area contributed by atoms with Gasteiger partial charge in [-0.05, 0) is 68.0 Å². The molecule has 2 nitrogen and oxygen atoms in total. The van der Waals surface area contributed by atoms with Crippen molar-refractivity contribution in [3.8, 4) is 0 Å². The molecule has 1 atom stereocenters. The Bertz CT molecular complexity index is 516. The standard InChI is InChI=1S/C18H25NO/c1-4-8-19-18(12-17-7-9-20-13-17)11-16-6-5-14(2)15(3)10-16/h5-7,9-10,13,18-19H,4,8,11-12H2,1-3H3. The zero-order chi connectivity index (χ0) is 14.4. The fourth-order valence-corrected chi connectivity index (χ4v) is 2.47. The second-order valence-electron chi connectivity index (χ2n) is 5.61. The first kappa shape index (κ1) is 14.9. The van der Waals surface area contributed by atoms with Crippen LogP contribution in [0.15, 0.2) is 41.2 Å². The van der Waals surface area contributed by atoms with Crippen molar-refractivity contribution in [3.63, 3.8) is 0 Å². The highest BCUT2D eigenvalue weighted by molar-refractivity contribution is 5.30. The summed E-state index contributed by atoms with van der Waals surface area (Å²) in [4.78, 5) is 0. The van der Waals surface area contributed by atoms with Crippen LogP contribution < -0.4 is 5.32 Å². The summed E-state index contributed by atoms with van der Waals surface area (Å²) in [6, 6.07) is 9.30. The molecule has 0 aliphatic carbocycles. The minimum atomic E-state index is 0.467. The average Bonchev–Trinajstić information content (AvgIpc) is 2.93. The van der Waals surface area contributed by atoms with Gasteiger partial charge in [-0.3, -0.25) is 0 Å². The van der Waals surface area contributed by atoms with Crippen LogP contribution in [0.2, 0.25) is 0 Å². The maximum Gasteiger partial charge on any atom is 0.0935 e. The average molecular weight is 271 g/mol. The van der Waals surface area contributed by atoms with E-state index in [1.807, 2.05) is 6.26 Å². The first-order valence-electron chi connectivity index (χ1n) is 7.49. The van der Waals surface area contributed by atoms with Crippen LogP contribution in [0, 0.1) is 13.8 Å². The van der Waals surface area contributed by atoms with Gasteiger partial charge in [0.2, 0.25) is 0 Å². The van der Waals surface area contributed by atoms with Crippen molar-refractivity contribution < 1.29 is 4.42 Å². The topological polar surface area (TPSA) is 25.2 Å². The molecule has 1 aromatic carbocycles. The van der Waals surface area contributed by atoms with Gasteiger partial charge >= 0.3 is 0 Å². The predicted octanol–water partition coefficient (Wildman–Crippen LogP) is 4.05. The van der Waals surface area contributed by atoms with Crippen LogP contribution in [0.25, 0.3) is 0 Å². The van der Waals surface area contributed by atoms with Crippen LogP contribution in [-0.2, 0) is 12.8 Å². The van der Waals surface area contributed by atoms with Crippen LogP contribution in [0.1, 0.15) is 35.6 Å². The number of hydrogen-bond donors (Lipinski definition) is 1. The Kier molecular flexibility index (Phi) is 5.42. The van der Waals surface area contributed by atoms with Crippen molar-refractivity contribution in [2.24, 2.45) is 0 Å². The second kappa shape index (κ2) is 7.30. The maximum absolute atomic E-state index is 5.18. The molecule has 2 aromatic rings. The Morgan fingerprint density at radius 1 is 1.05 bits per heavy atom. The van der Waals surface area contributed by atoms with E-state index >= 15 is 0 Å². The number of benzene rings is 1. The predicted molar refractivity (Wildman–Crippen MR) is 84.1 cm³/mol. The van der Waals surface area contributed by atoms with Gasteiger partial charge in [-0.15, -0.1) is 0 Å². The summed E-state index contributed by atoms with van der Waals surface area (Å²) in [6.07, 6.45) is 6.84. The highest BCUT2D eigenvalue weighted by atomic mass is 16.3. The Morgan fingerprint density at radius 3 is 2.50 bits per heavy atom.